The topological polar surface area (TPSA) is 70.6 Å². The number of nitrogens with one attached hydrogen (secondary N) is 2. The Morgan fingerprint density at radius 3 is 2.38 bits per heavy atom. The molecule has 0 aliphatic rings. The zero-order valence-corrected chi connectivity index (χ0v) is 13.1. The number of urea groups is 1. The summed E-state index contributed by atoms with van der Waals surface area (Å²) >= 11 is 0. The quantitative estimate of drug-likeness (QED) is 0.688. The first kappa shape index (κ1) is 17.5. The van der Waals surface area contributed by atoms with Crippen molar-refractivity contribution in [3.63, 3.8) is 0 Å². The Hall–Kier alpha value is -1.59. The third kappa shape index (κ3) is 5.73. The molecule has 0 saturated carbocycles. The molecule has 0 saturated heterocycles. The van der Waals surface area contributed by atoms with Crippen molar-refractivity contribution in [2.24, 2.45) is 0 Å². The zero-order chi connectivity index (χ0) is 15.7. The van der Waals surface area contributed by atoms with E-state index in [0.29, 0.717) is 19.4 Å². The van der Waals surface area contributed by atoms with Crippen molar-refractivity contribution < 1.29 is 14.6 Å². The molecule has 0 spiro atoms. The number of rotatable bonds is 8. The average Bonchev–Trinajstić information content (AvgIpc) is 2.54. The Labute approximate surface area is 126 Å². The fourth-order valence-corrected chi connectivity index (χ4v) is 2.00. The smallest absolute Gasteiger partial charge is 0.314 e. The SMILES string of the molecule is CCC(O)(CC)CNC(=O)NCC(OC)c1ccccc1. The van der Waals surface area contributed by atoms with Crippen molar-refractivity contribution in [2.75, 3.05) is 20.2 Å². The van der Waals surface area contributed by atoms with Crippen LogP contribution in [-0.4, -0.2) is 36.9 Å². The van der Waals surface area contributed by atoms with Crippen molar-refractivity contribution in [3.05, 3.63) is 35.9 Å². The van der Waals surface area contributed by atoms with Gasteiger partial charge in [0, 0.05) is 20.2 Å². The highest BCUT2D eigenvalue weighted by Gasteiger charge is 2.22. The van der Waals surface area contributed by atoms with Crippen LogP contribution in [-0.2, 0) is 4.74 Å². The van der Waals surface area contributed by atoms with E-state index in [-0.39, 0.29) is 18.7 Å². The van der Waals surface area contributed by atoms with Crippen LogP contribution in [0.4, 0.5) is 4.79 Å². The summed E-state index contributed by atoms with van der Waals surface area (Å²) in [5, 5.41) is 15.6. The molecule has 1 atom stereocenters. The fraction of sp³-hybridized carbons (Fsp3) is 0.562. The van der Waals surface area contributed by atoms with Gasteiger partial charge >= 0.3 is 6.03 Å². The average molecular weight is 294 g/mol. The van der Waals surface area contributed by atoms with Gasteiger partial charge in [0.2, 0.25) is 0 Å². The number of carbonyl (C=O) groups excluding carboxylic acids is 1. The van der Waals surface area contributed by atoms with Gasteiger partial charge in [0.05, 0.1) is 11.7 Å². The first-order chi connectivity index (χ1) is 10.0. The molecule has 5 heteroatoms. The highest BCUT2D eigenvalue weighted by atomic mass is 16.5. The van der Waals surface area contributed by atoms with Gasteiger partial charge in [-0.05, 0) is 18.4 Å². The molecule has 5 nitrogen and oxygen atoms in total. The number of carbonyl (C=O) groups is 1. The lowest BCUT2D eigenvalue weighted by molar-refractivity contribution is 0.0347. The Morgan fingerprint density at radius 1 is 1.24 bits per heavy atom. The van der Waals surface area contributed by atoms with Crippen LogP contribution in [0.25, 0.3) is 0 Å². The Balaban J connectivity index is 2.41. The molecule has 2 amide bonds. The van der Waals surface area contributed by atoms with Gasteiger partial charge in [-0.15, -0.1) is 0 Å². The van der Waals surface area contributed by atoms with Crippen LogP contribution in [0.15, 0.2) is 30.3 Å². The lowest BCUT2D eigenvalue weighted by atomic mass is 9.98. The van der Waals surface area contributed by atoms with Crippen molar-refractivity contribution in [3.8, 4) is 0 Å². The van der Waals surface area contributed by atoms with Crippen LogP contribution in [0.5, 0.6) is 0 Å². The molecule has 0 aromatic heterocycles. The first-order valence-corrected chi connectivity index (χ1v) is 7.36. The van der Waals surface area contributed by atoms with Gasteiger partial charge in [-0.1, -0.05) is 44.2 Å². The molecule has 0 aliphatic carbocycles. The second kappa shape index (κ2) is 8.64. The number of methoxy groups -OCH3 is 1. The van der Waals surface area contributed by atoms with Crippen molar-refractivity contribution in [2.45, 2.75) is 38.4 Å². The van der Waals surface area contributed by atoms with Gasteiger partial charge in [0.25, 0.3) is 0 Å². The minimum Gasteiger partial charge on any atom is -0.388 e. The second-order valence-corrected chi connectivity index (χ2v) is 5.13. The van der Waals surface area contributed by atoms with Crippen LogP contribution in [0.2, 0.25) is 0 Å². The standard InChI is InChI=1S/C16H26N2O3/c1-4-16(20,5-2)12-18-15(19)17-11-14(21-3)13-9-7-6-8-10-13/h6-10,14,20H,4-5,11-12H2,1-3H3,(H2,17,18,19). The van der Waals surface area contributed by atoms with Gasteiger partial charge in [-0.3, -0.25) is 0 Å². The summed E-state index contributed by atoms with van der Waals surface area (Å²) in [5.41, 5.74) is 0.177. The van der Waals surface area contributed by atoms with Crippen LogP contribution in [0.1, 0.15) is 38.4 Å². The molecule has 0 bridgehead atoms. The van der Waals surface area contributed by atoms with Crippen molar-refractivity contribution in [1.29, 1.82) is 0 Å². The second-order valence-electron chi connectivity index (χ2n) is 5.13. The van der Waals surface area contributed by atoms with E-state index in [2.05, 4.69) is 10.6 Å². The van der Waals surface area contributed by atoms with Crippen molar-refractivity contribution >= 4 is 6.03 Å². The number of ether oxygens (including phenoxy) is 1. The van der Waals surface area contributed by atoms with Crippen LogP contribution in [0.3, 0.4) is 0 Å². The Kier molecular flexibility index (Phi) is 7.19. The minimum absolute atomic E-state index is 0.187. The molecule has 0 heterocycles. The minimum atomic E-state index is -0.836. The monoisotopic (exact) mass is 294 g/mol. The maximum Gasteiger partial charge on any atom is 0.314 e. The van der Waals surface area contributed by atoms with E-state index < -0.39 is 5.60 Å². The Bertz CT molecular complexity index is 419. The van der Waals surface area contributed by atoms with Gasteiger partial charge in [0.15, 0.2) is 0 Å². The summed E-state index contributed by atoms with van der Waals surface area (Å²) in [6.45, 7) is 4.43. The maximum absolute atomic E-state index is 11.8. The van der Waals surface area contributed by atoms with E-state index in [1.54, 1.807) is 7.11 Å². The van der Waals surface area contributed by atoms with Crippen LogP contribution in [0, 0.1) is 0 Å². The molecule has 3 N–H and O–H groups in total. The number of aliphatic hydroxyl groups is 1. The van der Waals surface area contributed by atoms with E-state index in [1.807, 2.05) is 44.2 Å². The largest absolute Gasteiger partial charge is 0.388 e. The molecule has 1 aromatic rings. The molecule has 0 radical (unpaired) electrons. The van der Waals surface area contributed by atoms with E-state index >= 15 is 0 Å². The molecule has 0 fully saturated rings. The maximum atomic E-state index is 11.8. The molecule has 118 valence electrons. The van der Waals surface area contributed by atoms with Crippen LogP contribution >= 0.6 is 0 Å². The molecule has 1 rings (SSSR count). The van der Waals surface area contributed by atoms with E-state index in [9.17, 15) is 9.90 Å². The number of hydrogen-bond acceptors (Lipinski definition) is 3. The number of benzene rings is 1. The summed E-state index contributed by atoms with van der Waals surface area (Å²) in [7, 11) is 1.62. The number of hydrogen-bond donors (Lipinski definition) is 3. The van der Waals surface area contributed by atoms with Crippen LogP contribution < -0.4 is 10.6 Å². The summed E-state index contributed by atoms with van der Waals surface area (Å²) in [6.07, 6.45) is 1.02. The molecule has 1 unspecified atom stereocenters. The normalized spacial score (nSPS) is 12.8. The molecule has 0 aliphatic heterocycles. The first-order valence-electron chi connectivity index (χ1n) is 7.36. The summed E-state index contributed by atoms with van der Waals surface area (Å²) in [5.74, 6) is 0. The van der Waals surface area contributed by atoms with Gasteiger partial charge in [-0.2, -0.15) is 0 Å². The van der Waals surface area contributed by atoms with E-state index in [0.717, 1.165) is 5.56 Å². The predicted octanol–water partition coefficient (Wildman–Crippen LogP) is 2.22. The molecular weight excluding hydrogens is 268 g/mol. The van der Waals surface area contributed by atoms with Gasteiger partial charge in [-0.25, -0.2) is 4.79 Å². The molecule has 1 aromatic carbocycles. The fourth-order valence-electron chi connectivity index (χ4n) is 2.00. The predicted molar refractivity (Wildman–Crippen MR) is 83.1 cm³/mol. The third-order valence-corrected chi connectivity index (χ3v) is 3.80. The Morgan fingerprint density at radius 2 is 1.86 bits per heavy atom. The van der Waals surface area contributed by atoms with Crippen molar-refractivity contribution in [1.82, 2.24) is 10.6 Å². The van der Waals surface area contributed by atoms with Gasteiger partial charge < -0.3 is 20.5 Å². The van der Waals surface area contributed by atoms with E-state index in [1.165, 1.54) is 0 Å². The lowest BCUT2D eigenvalue weighted by Gasteiger charge is -2.25. The zero-order valence-electron chi connectivity index (χ0n) is 13.1. The number of amides is 2. The molecule has 21 heavy (non-hydrogen) atoms. The molecular formula is C16H26N2O3. The lowest BCUT2D eigenvalue weighted by Crippen LogP contribution is -2.46. The third-order valence-electron chi connectivity index (χ3n) is 3.80. The summed E-state index contributed by atoms with van der Waals surface area (Å²) in [4.78, 5) is 11.8. The van der Waals surface area contributed by atoms with E-state index in [4.69, 9.17) is 4.74 Å². The highest BCUT2D eigenvalue weighted by Crippen LogP contribution is 2.15. The van der Waals surface area contributed by atoms with Gasteiger partial charge in [0.1, 0.15) is 0 Å². The summed E-state index contributed by atoms with van der Waals surface area (Å²) in [6, 6.07) is 9.43. The highest BCUT2D eigenvalue weighted by molar-refractivity contribution is 5.73. The summed E-state index contributed by atoms with van der Waals surface area (Å²) < 4.78 is 5.38.